The summed E-state index contributed by atoms with van der Waals surface area (Å²) in [6, 6.07) is 7.56. The lowest BCUT2D eigenvalue weighted by Crippen LogP contribution is -1.91. The molecule has 0 bridgehead atoms. The van der Waals surface area contributed by atoms with Crippen molar-refractivity contribution in [1.29, 1.82) is 0 Å². The predicted molar refractivity (Wildman–Crippen MR) is 92.4 cm³/mol. The number of carbonyl (C=O) groups is 1. The topological polar surface area (TPSA) is 91.2 Å². The summed E-state index contributed by atoms with van der Waals surface area (Å²) >= 11 is 5.81. The summed E-state index contributed by atoms with van der Waals surface area (Å²) in [7, 11) is 1.72. The van der Waals surface area contributed by atoms with Gasteiger partial charge in [0.15, 0.2) is 5.78 Å². The molecule has 0 spiro atoms. The molecule has 126 valence electrons. The summed E-state index contributed by atoms with van der Waals surface area (Å²) in [5.41, 5.74) is 0.621. The Hall–Kier alpha value is -3.19. The van der Waals surface area contributed by atoms with Crippen LogP contribution >= 0.6 is 11.6 Å². The number of allylic oxidation sites excluding steroid dienone is 1. The number of hydrogen-bond acceptors (Lipinski definition) is 5. The number of ketones is 1. The van der Waals surface area contributed by atoms with Gasteiger partial charge < -0.3 is 4.42 Å². The van der Waals surface area contributed by atoms with Crippen LogP contribution in [0.1, 0.15) is 16.1 Å². The van der Waals surface area contributed by atoms with Crippen LogP contribution in [-0.2, 0) is 7.05 Å². The minimum absolute atomic E-state index is 0.149. The van der Waals surface area contributed by atoms with Gasteiger partial charge in [-0.3, -0.25) is 19.6 Å². The monoisotopic (exact) mass is 357 g/mol. The predicted octanol–water partition coefficient (Wildman–Crippen LogP) is 4.14. The van der Waals surface area contributed by atoms with Crippen molar-refractivity contribution in [2.24, 2.45) is 7.05 Å². The van der Waals surface area contributed by atoms with Crippen molar-refractivity contribution >= 4 is 29.1 Å². The van der Waals surface area contributed by atoms with Crippen LogP contribution in [0.4, 0.5) is 5.69 Å². The molecule has 0 aliphatic carbocycles. The number of halogens is 1. The first-order valence-corrected chi connectivity index (χ1v) is 7.57. The van der Waals surface area contributed by atoms with Gasteiger partial charge in [-0.2, -0.15) is 5.10 Å². The third kappa shape index (κ3) is 3.67. The van der Waals surface area contributed by atoms with E-state index >= 15 is 0 Å². The minimum Gasteiger partial charge on any atom is -0.456 e. The fraction of sp³-hybridized carbons (Fsp3) is 0.0588. The van der Waals surface area contributed by atoms with Crippen molar-refractivity contribution in [3.63, 3.8) is 0 Å². The van der Waals surface area contributed by atoms with Gasteiger partial charge in [-0.25, -0.2) is 0 Å². The van der Waals surface area contributed by atoms with Crippen molar-refractivity contribution in [3.8, 4) is 11.3 Å². The Bertz CT molecular complexity index is 987. The average molecular weight is 358 g/mol. The quantitative estimate of drug-likeness (QED) is 0.296. The van der Waals surface area contributed by atoms with E-state index in [1.807, 2.05) is 0 Å². The van der Waals surface area contributed by atoms with Crippen molar-refractivity contribution in [3.05, 3.63) is 75.3 Å². The number of aromatic nitrogens is 2. The number of carbonyl (C=O) groups excluding carboxylic acids is 1. The molecule has 0 amide bonds. The number of benzene rings is 1. The number of nitro benzene ring substituents is 1. The minimum atomic E-state index is -0.523. The maximum absolute atomic E-state index is 12.0. The second-order valence-electron chi connectivity index (χ2n) is 5.22. The molecule has 0 fully saturated rings. The molecule has 0 radical (unpaired) electrons. The first kappa shape index (κ1) is 16.7. The molecule has 0 N–H and O–H groups in total. The Labute approximate surface area is 147 Å². The van der Waals surface area contributed by atoms with Gasteiger partial charge >= 0.3 is 0 Å². The van der Waals surface area contributed by atoms with E-state index in [1.165, 1.54) is 35.2 Å². The first-order valence-electron chi connectivity index (χ1n) is 7.19. The van der Waals surface area contributed by atoms with Crippen molar-refractivity contribution in [2.75, 3.05) is 0 Å². The number of rotatable bonds is 5. The highest BCUT2D eigenvalue weighted by molar-refractivity contribution is 6.30. The Balaban J connectivity index is 1.85. The summed E-state index contributed by atoms with van der Waals surface area (Å²) in [6.07, 6.45) is 5.94. The number of hydrogen-bond donors (Lipinski definition) is 0. The SMILES string of the molecule is Cn1cc(C(=O)C=Cc2ccc(-c3ccc(Cl)cc3[N+](=O)[O-])o2)cn1. The van der Waals surface area contributed by atoms with Gasteiger partial charge in [-0.05, 0) is 36.4 Å². The molecule has 1 aromatic carbocycles. The molecule has 0 aliphatic heterocycles. The molecule has 7 nitrogen and oxygen atoms in total. The van der Waals surface area contributed by atoms with Crippen LogP contribution in [0.15, 0.2) is 53.2 Å². The molecule has 3 rings (SSSR count). The summed E-state index contributed by atoms with van der Waals surface area (Å²) in [4.78, 5) is 22.6. The standard InChI is InChI=1S/C17H12ClN3O4/c1-20-10-11(9-19-20)16(22)6-3-13-4-7-17(25-13)14-5-2-12(18)8-15(14)21(23)24/h2-10H,1H3. The van der Waals surface area contributed by atoms with Crippen LogP contribution in [0.5, 0.6) is 0 Å². The highest BCUT2D eigenvalue weighted by Crippen LogP contribution is 2.33. The lowest BCUT2D eigenvalue weighted by atomic mass is 10.1. The zero-order valence-electron chi connectivity index (χ0n) is 13.0. The molecule has 25 heavy (non-hydrogen) atoms. The van der Waals surface area contributed by atoms with Crippen LogP contribution in [0, 0.1) is 10.1 Å². The molecule has 0 unspecified atom stereocenters. The van der Waals surface area contributed by atoms with Gasteiger partial charge in [-0.1, -0.05) is 11.6 Å². The van der Waals surface area contributed by atoms with E-state index in [1.54, 1.807) is 31.4 Å². The van der Waals surface area contributed by atoms with Gasteiger partial charge in [0.1, 0.15) is 11.5 Å². The fourth-order valence-corrected chi connectivity index (χ4v) is 2.42. The van der Waals surface area contributed by atoms with E-state index in [4.69, 9.17) is 16.0 Å². The van der Waals surface area contributed by atoms with Gasteiger partial charge in [0.2, 0.25) is 0 Å². The van der Waals surface area contributed by atoms with E-state index < -0.39 is 4.92 Å². The van der Waals surface area contributed by atoms with Gasteiger partial charge in [0, 0.05) is 24.3 Å². The Morgan fingerprint density at radius 2 is 2.16 bits per heavy atom. The fourth-order valence-electron chi connectivity index (χ4n) is 2.25. The molecule has 0 aliphatic rings. The third-order valence-corrected chi connectivity index (χ3v) is 3.67. The van der Waals surface area contributed by atoms with Crippen LogP contribution in [0.25, 0.3) is 17.4 Å². The number of nitrogens with zero attached hydrogens (tertiary/aromatic N) is 3. The van der Waals surface area contributed by atoms with E-state index in [0.29, 0.717) is 22.6 Å². The summed E-state index contributed by atoms with van der Waals surface area (Å²) in [5.74, 6) is 0.497. The van der Waals surface area contributed by atoms with E-state index in [9.17, 15) is 14.9 Å². The molecule has 8 heteroatoms. The zero-order valence-corrected chi connectivity index (χ0v) is 13.8. The smallest absolute Gasteiger partial charge is 0.281 e. The highest BCUT2D eigenvalue weighted by atomic mass is 35.5. The van der Waals surface area contributed by atoms with Crippen molar-refractivity contribution in [2.45, 2.75) is 0 Å². The van der Waals surface area contributed by atoms with Gasteiger partial charge in [-0.15, -0.1) is 0 Å². The maximum Gasteiger partial charge on any atom is 0.281 e. The van der Waals surface area contributed by atoms with Gasteiger partial charge in [0.05, 0.1) is 22.2 Å². The molecule has 2 heterocycles. The Morgan fingerprint density at radius 1 is 1.36 bits per heavy atom. The normalized spacial score (nSPS) is 11.1. The average Bonchev–Trinajstić information content (AvgIpc) is 3.21. The Morgan fingerprint density at radius 3 is 2.84 bits per heavy atom. The van der Waals surface area contributed by atoms with Gasteiger partial charge in [0.25, 0.3) is 5.69 Å². The lowest BCUT2D eigenvalue weighted by Gasteiger charge is -2.00. The third-order valence-electron chi connectivity index (χ3n) is 3.44. The summed E-state index contributed by atoms with van der Waals surface area (Å²) in [6.45, 7) is 0. The van der Waals surface area contributed by atoms with Crippen molar-refractivity contribution in [1.82, 2.24) is 9.78 Å². The molecule has 0 saturated heterocycles. The zero-order chi connectivity index (χ0) is 18.0. The molecule has 0 saturated carbocycles. The number of nitro groups is 1. The Kier molecular flexibility index (Phi) is 4.49. The second kappa shape index (κ2) is 6.74. The van der Waals surface area contributed by atoms with E-state index in [0.717, 1.165) is 0 Å². The van der Waals surface area contributed by atoms with Crippen LogP contribution in [0.2, 0.25) is 5.02 Å². The van der Waals surface area contributed by atoms with E-state index in [-0.39, 0.29) is 16.5 Å². The molecular weight excluding hydrogens is 346 g/mol. The maximum atomic E-state index is 12.0. The molecule has 0 atom stereocenters. The van der Waals surface area contributed by atoms with Crippen LogP contribution in [-0.4, -0.2) is 20.5 Å². The summed E-state index contributed by atoms with van der Waals surface area (Å²) < 4.78 is 7.12. The molecular formula is C17H12ClN3O4. The molecule has 3 aromatic rings. The summed E-state index contributed by atoms with van der Waals surface area (Å²) in [5, 5.41) is 15.4. The largest absolute Gasteiger partial charge is 0.456 e. The first-order chi connectivity index (χ1) is 11.9. The lowest BCUT2D eigenvalue weighted by molar-refractivity contribution is -0.384. The van der Waals surface area contributed by atoms with E-state index in [2.05, 4.69) is 5.10 Å². The number of aryl methyl sites for hydroxylation is 1. The highest BCUT2D eigenvalue weighted by Gasteiger charge is 2.18. The second-order valence-corrected chi connectivity index (χ2v) is 5.66. The van der Waals surface area contributed by atoms with Crippen molar-refractivity contribution < 1.29 is 14.1 Å². The number of furan rings is 1. The molecule has 2 aromatic heterocycles. The van der Waals surface area contributed by atoms with Crippen LogP contribution in [0.3, 0.4) is 0 Å². The van der Waals surface area contributed by atoms with Crippen LogP contribution < -0.4 is 0 Å².